The van der Waals surface area contributed by atoms with Crippen LogP contribution < -0.4 is 5.32 Å². The average molecular weight is 331 g/mol. The van der Waals surface area contributed by atoms with Gasteiger partial charge in [0.15, 0.2) is 5.96 Å². The molecule has 5 nitrogen and oxygen atoms in total. The first-order chi connectivity index (χ1) is 11.8. The van der Waals surface area contributed by atoms with Gasteiger partial charge in [0.05, 0.1) is 5.60 Å². The Kier molecular flexibility index (Phi) is 5.74. The highest BCUT2D eigenvalue weighted by Crippen LogP contribution is 2.27. The number of hydrogen-bond donors (Lipinski definition) is 1. The minimum atomic E-state index is -0.132. The summed E-state index contributed by atoms with van der Waals surface area (Å²) in [6.45, 7) is 4.39. The summed E-state index contributed by atoms with van der Waals surface area (Å²) in [6.07, 6.45) is 3.04. The molecule has 132 valence electrons. The van der Waals surface area contributed by atoms with Crippen LogP contribution in [0, 0.1) is 0 Å². The molecular formula is C19H29N3O2. The van der Waals surface area contributed by atoms with Gasteiger partial charge in [-0.1, -0.05) is 30.3 Å². The first-order valence-corrected chi connectivity index (χ1v) is 8.90. The van der Waals surface area contributed by atoms with Gasteiger partial charge < -0.3 is 19.7 Å². The Morgan fingerprint density at radius 2 is 2.08 bits per heavy atom. The Labute approximate surface area is 145 Å². The number of rotatable bonds is 4. The third-order valence-corrected chi connectivity index (χ3v) is 5.38. The molecule has 1 atom stereocenters. The first kappa shape index (κ1) is 17.2. The topological polar surface area (TPSA) is 46.1 Å². The van der Waals surface area contributed by atoms with Gasteiger partial charge in [0.2, 0.25) is 0 Å². The van der Waals surface area contributed by atoms with Crippen molar-refractivity contribution in [2.24, 2.45) is 4.99 Å². The van der Waals surface area contributed by atoms with Crippen LogP contribution in [0.5, 0.6) is 0 Å². The second-order valence-electron chi connectivity index (χ2n) is 6.74. The van der Waals surface area contributed by atoms with Gasteiger partial charge in [0.1, 0.15) is 0 Å². The quantitative estimate of drug-likeness (QED) is 0.679. The van der Waals surface area contributed by atoms with Gasteiger partial charge in [0.25, 0.3) is 0 Å². The number of aliphatic imine (C=N–C) groups is 1. The molecule has 1 aromatic rings. The number of likely N-dealkylation sites (tertiary alicyclic amines) is 1. The van der Waals surface area contributed by atoms with Crippen molar-refractivity contribution < 1.29 is 9.47 Å². The zero-order valence-corrected chi connectivity index (χ0v) is 14.8. The molecular weight excluding hydrogens is 302 g/mol. The normalized spacial score (nSPS) is 24.2. The van der Waals surface area contributed by atoms with Gasteiger partial charge >= 0.3 is 0 Å². The van der Waals surface area contributed by atoms with Crippen molar-refractivity contribution in [3.05, 3.63) is 35.9 Å². The van der Waals surface area contributed by atoms with Gasteiger partial charge in [-0.15, -0.1) is 0 Å². The monoisotopic (exact) mass is 331 g/mol. The van der Waals surface area contributed by atoms with Gasteiger partial charge in [0, 0.05) is 65.8 Å². The summed E-state index contributed by atoms with van der Waals surface area (Å²) in [5.74, 6) is 1.57. The maximum atomic E-state index is 5.81. The van der Waals surface area contributed by atoms with Crippen LogP contribution in [0.4, 0.5) is 0 Å². The molecule has 2 aliphatic heterocycles. The van der Waals surface area contributed by atoms with Crippen LogP contribution in [-0.4, -0.2) is 63.5 Å². The van der Waals surface area contributed by atoms with Crippen molar-refractivity contribution in [2.45, 2.75) is 30.8 Å². The molecule has 2 saturated heterocycles. The number of methoxy groups -OCH3 is 1. The van der Waals surface area contributed by atoms with E-state index in [0.29, 0.717) is 5.92 Å². The van der Waals surface area contributed by atoms with E-state index in [1.165, 1.54) is 12.0 Å². The standard InChI is InChI=1S/C19H29N3O2/c1-20-18(21-15-19(23-2)9-12-24-13-10-19)22-11-8-17(14-22)16-6-4-3-5-7-16/h3-7,17H,8-15H2,1-2H3,(H,20,21). The van der Waals surface area contributed by atoms with E-state index in [2.05, 4.69) is 45.5 Å². The number of guanidine groups is 1. The Hall–Kier alpha value is -1.59. The lowest BCUT2D eigenvalue weighted by molar-refractivity contribution is -0.0857. The third-order valence-electron chi connectivity index (χ3n) is 5.38. The van der Waals surface area contributed by atoms with E-state index in [1.54, 1.807) is 7.11 Å². The fraction of sp³-hybridized carbons (Fsp3) is 0.632. The fourth-order valence-corrected chi connectivity index (χ4v) is 3.72. The van der Waals surface area contributed by atoms with Crippen molar-refractivity contribution in [3.8, 4) is 0 Å². The lowest BCUT2D eigenvalue weighted by Crippen LogP contribution is -2.51. The summed E-state index contributed by atoms with van der Waals surface area (Å²) in [5.41, 5.74) is 1.29. The highest BCUT2D eigenvalue weighted by Gasteiger charge is 2.33. The Balaban J connectivity index is 1.57. The predicted octanol–water partition coefficient (Wildman–Crippen LogP) is 2.25. The maximum absolute atomic E-state index is 5.81. The van der Waals surface area contributed by atoms with Gasteiger partial charge in [-0.2, -0.15) is 0 Å². The number of ether oxygens (including phenoxy) is 2. The summed E-state index contributed by atoms with van der Waals surface area (Å²) < 4.78 is 11.3. The van der Waals surface area contributed by atoms with Crippen molar-refractivity contribution in [1.29, 1.82) is 0 Å². The van der Waals surface area contributed by atoms with Crippen molar-refractivity contribution >= 4 is 5.96 Å². The lowest BCUT2D eigenvalue weighted by atomic mass is 9.94. The molecule has 2 fully saturated rings. The smallest absolute Gasteiger partial charge is 0.193 e. The number of nitrogens with one attached hydrogen (secondary N) is 1. The summed E-state index contributed by atoms with van der Waals surface area (Å²) in [4.78, 5) is 6.85. The van der Waals surface area contributed by atoms with Gasteiger partial charge in [-0.25, -0.2) is 0 Å². The number of nitrogens with zero attached hydrogens (tertiary/aromatic N) is 2. The summed E-state index contributed by atoms with van der Waals surface area (Å²) in [5, 5.41) is 3.54. The van der Waals surface area contributed by atoms with Crippen LogP contribution in [0.1, 0.15) is 30.7 Å². The highest BCUT2D eigenvalue weighted by atomic mass is 16.5. The molecule has 5 heteroatoms. The van der Waals surface area contributed by atoms with E-state index in [9.17, 15) is 0 Å². The van der Waals surface area contributed by atoms with Crippen molar-refractivity contribution in [1.82, 2.24) is 10.2 Å². The molecule has 0 aromatic heterocycles. The Morgan fingerprint density at radius 1 is 1.33 bits per heavy atom. The summed E-state index contributed by atoms with van der Waals surface area (Å²) in [7, 11) is 3.67. The molecule has 3 rings (SSSR count). The minimum absolute atomic E-state index is 0.132. The summed E-state index contributed by atoms with van der Waals surface area (Å²) >= 11 is 0. The van der Waals surface area contributed by atoms with E-state index >= 15 is 0 Å². The first-order valence-electron chi connectivity index (χ1n) is 8.90. The number of hydrogen-bond acceptors (Lipinski definition) is 3. The molecule has 0 bridgehead atoms. The Morgan fingerprint density at radius 3 is 2.75 bits per heavy atom. The second-order valence-corrected chi connectivity index (χ2v) is 6.74. The van der Waals surface area contributed by atoms with E-state index < -0.39 is 0 Å². The van der Waals surface area contributed by atoms with Crippen LogP contribution in [0.25, 0.3) is 0 Å². The fourth-order valence-electron chi connectivity index (χ4n) is 3.72. The second kappa shape index (κ2) is 7.99. The van der Waals surface area contributed by atoms with Crippen LogP contribution >= 0.6 is 0 Å². The molecule has 0 aliphatic carbocycles. The van der Waals surface area contributed by atoms with Crippen LogP contribution in [0.2, 0.25) is 0 Å². The molecule has 0 radical (unpaired) electrons. The van der Waals surface area contributed by atoms with Crippen molar-refractivity contribution in [2.75, 3.05) is 47.0 Å². The van der Waals surface area contributed by atoms with Crippen molar-refractivity contribution in [3.63, 3.8) is 0 Å². The molecule has 1 unspecified atom stereocenters. The van der Waals surface area contributed by atoms with E-state index in [-0.39, 0.29) is 5.60 Å². The molecule has 2 heterocycles. The minimum Gasteiger partial charge on any atom is -0.381 e. The SMILES string of the molecule is CN=C(NCC1(OC)CCOCC1)N1CCC(c2ccccc2)C1. The molecule has 2 aliphatic rings. The summed E-state index contributed by atoms with van der Waals surface area (Å²) in [6, 6.07) is 10.8. The van der Waals surface area contributed by atoms with E-state index in [1.807, 2.05) is 7.05 Å². The predicted molar refractivity (Wildman–Crippen MR) is 96.5 cm³/mol. The van der Waals surface area contributed by atoms with Crippen LogP contribution in [-0.2, 0) is 9.47 Å². The number of benzene rings is 1. The zero-order chi connectivity index (χ0) is 16.8. The molecule has 0 saturated carbocycles. The third kappa shape index (κ3) is 3.90. The van der Waals surface area contributed by atoms with E-state index in [4.69, 9.17) is 9.47 Å². The Bertz CT molecular complexity index is 541. The average Bonchev–Trinajstić information content (AvgIpc) is 3.14. The van der Waals surface area contributed by atoms with E-state index in [0.717, 1.165) is 51.6 Å². The molecule has 1 N–H and O–H groups in total. The van der Waals surface area contributed by atoms with Crippen LogP contribution in [0.3, 0.4) is 0 Å². The molecule has 24 heavy (non-hydrogen) atoms. The van der Waals surface area contributed by atoms with Gasteiger partial charge in [-0.3, -0.25) is 4.99 Å². The highest BCUT2D eigenvalue weighted by molar-refractivity contribution is 5.80. The van der Waals surface area contributed by atoms with Gasteiger partial charge in [-0.05, 0) is 12.0 Å². The zero-order valence-electron chi connectivity index (χ0n) is 14.8. The molecule has 0 amide bonds. The largest absolute Gasteiger partial charge is 0.381 e. The lowest BCUT2D eigenvalue weighted by Gasteiger charge is -2.37. The molecule has 0 spiro atoms. The molecule has 1 aromatic carbocycles. The maximum Gasteiger partial charge on any atom is 0.193 e. The van der Waals surface area contributed by atoms with Crippen LogP contribution in [0.15, 0.2) is 35.3 Å².